The number of phenolic OH excluding ortho intramolecular Hbond substituents is 1. The number of nitrogens with two attached hydrogens (primary N) is 1. The second kappa shape index (κ2) is 7.75. The predicted octanol–water partition coefficient (Wildman–Crippen LogP) is 3.02. The summed E-state index contributed by atoms with van der Waals surface area (Å²) in [5.41, 5.74) is 5.48. The van der Waals surface area contributed by atoms with E-state index in [0.717, 1.165) is 0 Å². The lowest BCUT2D eigenvalue weighted by atomic mass is 10.0. The third-order valence-electron chi connectivity index (χ3n) is 2.23. The minimum Gasteiger partial charge on any atom is -0.507 e. The first-order valence-electron chi connectivity index (χ1n) is 5.12. The molecule has 1 unspecified atom stereocenters. The number of rotatable bonds is 4. The molecule has 1 rings (SSSR count). The van der Waals surface area contributed by atoms with Crippen molar-refractivity contribution in [2.75, 3.05) is 6.61 Å². The highest BCUT2D eigenvalue weighted by Gasteiger charge is 2.31. The number of benzene rings is 1. The SMILES string of the molecule is CCOC(=O)C(F)[C@H](N)c1c(O)cc(Cl)cc1Cl.Cl. The first-order chi connectivity index (χ1) is 8.38. The molecule has 4 nitrogen and oxygen atoms in total. The molecular weight excluding hydrogens is 319 g/mol. The topological polar surface area (TPSA) is 72.5 Å². The van der Waals surface area contributed by atoms with Gasteiger partial charge < -0.3 is 15.6 Å². The lowest BCUT2D eigenvalue weighted by Gasteiger charge is -2.18. The molecule has 0 bridgehead atoms. The highest BCUT2D eigenvalue weighted by molar-refractivity contribution is 6.35. The van der Waals surface area contributed by atoms with E-state index in [1.54, 1.807) is 6.92 Å². The zero-order valence-electron chi connectivity index (χ0n) is 9.90. The van der Waals surface area contributed by atoms with E-state index in [0.29, 0.717) is 0 Å². The van der Waals surface area contributed by atoms with Gasteiger partial charge in [-0.05, 0) is 19.1 Å². The van der Waals surface area contributed by atoms with Gasteiger partial charge in [0.2, 0.25) is 6.17 Å². The first-order valence-corrected chi connectivity index (χ1v) is 5.88. The Morgan fingerprint density at radius 1 is 1.53 bits per heavy atom. The van der Waals surface area contributed by atoms with Gasteiger partial charge in [-0.25, -0.2) is 9.18 Å². The molecule has 0 saturated carbocycles. The smallest absolute Gasteiger partial charge is 0.342 e. The maximum atomic E-state index is 13.7. The van der Waals surface area contributed by atoms with E-state index in [9.17, 15) is 14.3 Å². The molecule has 0 saturated heterocycles. The largest absolute Gasteiger partial charge is 0.507 e. The molecule has 0 spiro atoms. The van der Waals surface area contributed by atoms with Crippen LogP contribution in [0.2, 0.25) is 10.0 Å². The summed E-state index contributed by atoms with van der Waals surface area (Å²) in [5, 5.41) is 9.80. The van der Waals surface area contributed by atoms with Gasteiger partial charge in [-0.15, -0.1) is 12.4 Å². The fourth-order valence-corrected chi connectivity index (χ4v) is 2.02. The van der Waals surface area contributed by atoms with Crippen molar-refractivity contribution >= 4 is 41.6 Å². The van der Waals surface area contributed by atoms with Crippen molar-refractivity contribution < 1.29 is 19.0 Å². The predicted molar refractivity (Wildman–Crippen MR) is 73.8 cm³/mol. The standard InChI is InChI=1S/C11H12Cl2FNO3.ClH/c1-2-18-11(17)9(14)10(15)8-6(13)3-5(12)4-7(8)16;/h3-4,9-10,16H,2,15H2,1H3;1H/t9?,10-;/m1./s1. The summed E-state index contributed by atoms with van der Waals surface area (Å²) in [6.45, 7) is 1.58. The van der Waals surface area contributed by atoms with Crippen LogP contribution in [-0.2, 0) is 9.53 Å². The number of halogens is 4. The Kier molecular flexibility index (Phi) is 7.44. The Bertz CT molecular complexity index is 436. The van der Waals surface area contributed by atoms with E-state index >= 15 is 0 Å². The quantitative estimate of drug-likeness (QED) is 0.831. The maximum absolute atomic E-state index is 13.7. The molecule has 2 atom stereocenters. The molecule has 0 heterocycles. The van der Waals surface area contributed by atoms with Crippen LogP contribution in [0.4, 0.5) is 4.39 Å². The third-order valence-corrected chi connectivity index (χ3v) is 2.76. The number of aromatic hydroxyl groups is 1. The minimum absolute atomic E-state index is 0. The van der Waals surface area contributed by atoms with Crippen molar-refractivity contribution in [1.29, 1.82) is 0 Å². The lowest BCUT2D eigenvalue weighted by Crippen LogP contribution is -2.31. The highest BCUT2D eigenvalue weighted by Crippen LogP contribution is 2.35. The summed E-state index contributed by atoms with van der Waals surface area (Å²) >= 11 is 11.5. The number of hydrogen-bond donors (Lipinski definition) is 2. The third kappa shape index (κ3) is 4.38. The van der Waals surface area contributed by atoms with E-state index in [2.05, 4.69) is 4.74 Å². The molecule has 108 valence electrons. The summed E-state index contributed by atoms with van der Waals surface area (Å²) < 4.78 is 18.2. The second-order valence-corrected chi connectivity index (χ2v) is 4.34. The molecule has 0 radical (unpaired) electrons. The Morgan fingerprint density at radius 3 is 2.58 bits per heavy atom. The maximum Gasteiger partial charge on any atom is 0.342 e. The van der Waals surface area contributed by atoms with Gasteiger partial charge in [0.25, 0.3) is 0 Å². The van der Waals surface area contributed by atoms with Gasteiger partial charge in [0, 0.05) is 10.6 Å². The Morgan fingerprint density at radius 2 is 2.11 bits per heavy atom. The number of esters is 1. The summed E-state index contributed by atoms with van der Waals surface area (Å²) in [4.78, 5) is 11.2. The summed E-state index contributed by atoms with van der Waals surface area (Å²) in [6.07, 6.45) is -2.12. The van der Waals surface area contributed by atoms with Crippen LogP contribution in [0.3, 0.4) is 0 Å². The molecule has 0 aliphatic heterocycles. The normalized spacial score (nSPS) is 13.3. The van der Waals surface area contributed by atoms with Gasteiger partial charge in [0.1, 0.15) is 5.75 Å². The molecule has 0 aliphatic rings. The van der Waals surface area contributed by atoms with Gasteiger partial charge in [0.05, 0.1) is 17.7 Å². The van der Waals surface area contributed by atoms with E-state index in [1.165, 1.54) is 12.1 Å². The second-order valence-electron chi connectivity index (χ2n) is 3.50. The highest BCUT2D eigenvalue weighted by atomic mass is 35.5. The Balaban J connectivity index is 0.00000324. The summed E-state index contributed by atoms with van der Waals surface area (Å²) in [7, 11) is 0. The zero-order chi connectivity index (χ0) is 13.9. The summed E-state index contributed by atoms with van der Waals surface area (Å²) in [5.74, 6) is -1.47. The van der Waals surface area contributed by atoms with Crippen molar-refractivity contribution in [3.8, 4) is 5.75 Å². The van der Waals surface area contributed by atoms with Crippen LogP contribution in [0, 0.1) is 0 Å². The molecule has 0 amide bonds. The van der Waals surface area contributed by atoms with Gasteiger partial charge in [-0.1, -0.05) is 23.2 Å². The molecule has 1 aromatic carbocycles. The van der Waals surface area contributed by atoms with Crippen molar-refractivity contribution in [3.63, 3.8) is 0 Å². The molecule has 3 N–H and O–H groups in total. The molecule has 8 heteroatoms. The average molecular weight is 333 g/mol. The molecular formula is C11H13Cl3FNO3. The van der Waals surface area contributed by atoms with Crippen molar-refractivity contribution in [3.05, 3.63) is 27.7 Å². The Hall–Kier alpha value is -0.750. The number of carbonyl (C=O) groups is 1. The molecule has 19 heavy (non-hydrogen) atoms. The van der Waals surface area contributed by atoms with E-state index < -0.39 is 18.2 Å². The fourth-order valence-electron chi connectivity index (χ4n) is 1.42. The Labute approximate surface area is 126 Å². The minimum atomic E-state index is -2.12. The van der Waals surface area contributed by atoms with E-state index in [-0.39, 0.29) is 40.4 Å². The molecule has 1 aromatic rings. The number of ether oxygens (including phenoxy) is 1. The van der Waals surface area contributed by atoms with Crippen LogP contribution in [0.15, 0.2) is 12.1 Å². The number of alkyl halides is 1. The average Bonchev–Trinajstić information content (AvgIpc) is 2.26. The van der Waals surface area contributed by atoms with Crippen LogP contribution < -0.4 is 5.73 Å². The van der Waals surface area contributed by atoms with Crippen LogP contribution in [-0.4, -0.2) is 23.9 Å². The lowest BCUT2D eigenvalue weighted by molar-refractivity contribution is -0.149. The van der Waals surface area contributed by atoms with Gasteiger partial charge in [-0.2, -0.15) is 0 Å². The number of carbonyl (C=O) groups excluding carboxylic acids is 1. The number of hydrogen-bond acceptors (Lipinski definition) is 4. The summed E-state index contributed by atoms with van der Waals surface area (Å²) in [6, 6.07) is 1.05. The fraction of sp³-hybridized carbons (Fsp3) is 0.364. The van der Waals surface area contributed by atoms with E-state index in [4.69, 9.17) is 28.9 Å². The molecule has 0 aromatic heterocycles. The molecule has 0 fully saturated rings. The first kappa shape index (κ1) is 18.2. The van der Waals surface area contributed by atoms with Crippen LogP contribution in [0.5, 0.6) is 5.75 Å². The van der Waals surface area contributed by atoms with Crippen LogP contribution >= 0.6 is 35.6 Å². The van der Waals surface area contributed by atoms with Crippen molar-refractivity contribution in [1.82, 2.24) is 0 Å². The van der Waals surface area contributed by atoms with Gasteiger partial charge >= 0.3 is 5.97 Å². The van der Waals surface area contributed by atoms with E-state index in [1.807, 2.05) is 0 Å². The van der Waals surface area contributed by atoms with Gasteiger partial charge in [0.15, 0.2) is 0 Å². The van der Waals surface area contributed by atoms with Crippen LogP contribution in [0.25, 0.3) is 0 Å². The molecule has 0 aliphatic carbocycles. The van der Waals surface area contributed by atoms with Crippen LogP contribution in [0.1, 0.15) is 18.5 Å². The zero-order valence-corrected chi connectivity index (χ0v) is 12.2. The number of phenols is 1. The van der Waals surface area contributed by atoms with Crippen molar-refractivity contribution in [2.24, 2.45) is 5.73 Å². The van der Waals surface area contributed by atoms with Gasteiger partial charge in [-0.3, -0.25) is 0 Å². The van der Waals surface area contributed by atoms with Crippen molar-refractivity contribution in [2.45, 2.75) is 19.1 Å². The monoisotopic (exact) mass is 331 g/mol.